The summed E-state index contributed by atoms with van der Waals surface area (Å²) in [5.41, 5.74) is 0.898. The minimum absolute atomic E-state index is 0.0231. The summed E-state index contributed by atoms with van der Waals surface area (Å²) in [4.78, 5) is 25.8. The predicted molar refractivity (Wildman–Crippen MR) is 112 cm³/mol. The Morgan fingerprint density at radius 1 is 0.967 bits per heavy atom. The first-order valence-corrected chi connectivity index (χ1v) is 9.43. The zero-order valence-electron chi connectivity index (χ0n) is 16.1. The van der Waals surface area contributed by atoms with Crippen molar-refractivity contribution < 1.29 is 23.1 Å². The van der Waals surface area contributed by atoms with Crippen molar-refractivity contribution >= 4 is 28.3 Å². The van der Waals surface area contributed by atoms with Gasteiger partial charge in [-0.25, -0.2) is 4.39 Å². The number of anilines is 1. The van der Waals surface area contributed by atoms with E-state index >= 15 is 0 Å². The number of ether oxygens (including phenoxy) is 1. The molecule has 0 atom stereocenters. The fourth-order valence-corrected chi connectivity index (χ4v) is 3.16. The van der Waals surface area contributed by atoms with E-state index in [1.165, 1.54) is 18.2 Å². The fraction of sp³-hybridized carbons (Fsp3) is 0.0833. The van der Waals surface area contributed by atoms with Crippen molar-refractivity contribution in [3.8, 4) is 5.75 Å². The largest absolute Gasteiger partial charge is 0.494 e. The van der Waals surface area contributed by atoms with Crippen LogP contribution in [0.2, 0.25) is 0 Å². The molecule has 1 N–H and O–H groups in total. The topological polar surface area (TPSA) is 68.5 Å². The first-order valence-electron chi connectivity index (χ1n) is 9.43. The SMILES string of the molecule is CCOc1ccc(C(=O)c2oc3ccccc3c2NC(=O)c2ccccc2F)cc1. The Morgan fingerprint density at radius 2 is 1.67 bits per heavy atom. The van der Waals surface area contributed by atoms with Gasteiger partial charge in [-0.3, -0.25) is 9.59 Å². The molecule has 4 aromatic rings. The van der Waals surface area contributed by atoms with Gasteiger partial charge in [0.25, 0.3) is 5.91 Å². The molecule has 0 spiro atoms. The summed E-state index contributed by atoms with van der Waals surface area (Å²) in [7, 11) is 0. The van der Waals surface area contributed by atoms with Crippen molar-refractivity contribution in [2.24, 2.45) is 0 Å². The number of amides is 1. The highest BCUT2D eigenvalue weighted by atomic mass is 19.1. The second kappa shape index (κ2) is 8.21. The maximum Gasteiger partial charge on any atom is 0.258 e. The number of nitrogens with one attached hydrogen (secondary N) is 1. The van der Waals surface area contributed by atoms with Crippen LogP contribution in [0.4, 0.5) is 10.1 Å². The standard InChI is InChI=1S/C24H18FNO4/c1-2-29-16-13-11-15(12-14-16)22(27)23-21(18-8-4-6-10-20(18)30-23)26-24(28)17-7-3-5-9-19(17)25/h3-14H,2H2,1H3,(H,26,28). The third kappa shape index (κ3) is 3.67. The number of fused-ring (bicyclic) bond motifs is 1. The zero-order valence-corrected chi connectivity index (χ0v) is 16.1. The molecule has 0 aliphatic carbocycles. The number of carbonyl (C=O) groups excluding carboxylic acids is 2. The molecule has 0 saturated carbocycles. The number of rotatable bonds is 6. The number of benzene rings is 3. The Morgan fingerprint density at radius 3 is 2.40 bits per heavy atom. The zero-order chi connectivity index (χ0) is 21.1. The maximum atomic E-state index is 14.0. The van der Waals surface area contributed by atoms with E-state index in [-0.39, 0.29) is 17.0 Å². The van der Waals surface area contributed by atoms with Gasteiger partial charge in [0.1, 0.15) is 17.1 Å². The quantitative estimate of drug-likeness (QED) is 0.435. The molecule has 5 nitrogen and oxygen atoms in total. The summed E-state index contributed by atoms with van der Waals surface area (Å²) in [6.45, 7) is 2.39. The Labute approximate surface area is 172 Å². The summed E-state index contributed by atoms with van der Waals surface area (Å²) >= 11 is 0. The number of hydrogen-bond acceptors (Lipinski definition) is 4. The lowest BCUT2D eigenvalue weighted by molar-refractivity contribution is 0.101. The average Bonchev–Trinajstić information content (AvgIpc) is 3.13. The van der Waals surface area contributed by atoms with Crippen LogP contribution >= 0.6 is 0 Å². The summed E-state index contributed by atoms with van der Waals surface area (Å²) in [5, 5.41) is 3.21. The lowest BCUT2D eigenvalue weighted by atomic mass is 10.1. The monoisotopic (exact) mass is 403 g/mol. The predicted octanol–water partition coefficient (Wildman–Crippen LogP) is 5.45. The molecule has 4 rings (SSSR count). The van der Waals surface area contributed by atoms with Crippen molar-refractivity contribution in [3.05, 3.63) is 95.5 Å². The van der Waals surface area contributed by atoms with Crippen LogP contribution in [0, 0.1) is 5.82 Å². The van der Waals surface area contributed by atoms with Gasteiger partial charge in [0.2, 0.25) is 5.78 Å². The molecule has 1 aromatic heterocycles. The van der Waals surface area contributed by atoms with E-state index in [1.807, 2.05) is 6.92 Å². The van der Waals surface area contributed by atoms with Gasteiger partial charge in [-0.1, -0.05) is 24.3 Å². The highest BCUT2D eigenvalue weighted by Crippen LogP contribution is 2.33. The van der Waals surface area contributed by atoms with Crippen LogP contribution in [0.25, 0.3) is 11.0 Å². The van der Waals surface area contributed by atoms with E-state index in [2.05, 4.69) is 5.32 Å². The second-order valence-electron chi connectivity index (χ2n) is 6.52. The highest BCUT2D eigenvalue weighted by molar-refractivity contribution is 6.18. The van der Waals surface area contributed by atoms with Gasteiger partial charge in [-0.2, -0.15) is 0 Å². The van der Waals surface area contributed by atoms with Crippen LogP contribution in [0.1, 0.15) is 33.4 Å². The Bertz CT molecular complexity index is 1230. The van der Waals surface area contributed by atoms with Gasteiger partial charge in [-0.05, 0) is 55.5 Å². The van der Waals surface area contributed by atoms with Crippen LogP contribution < -0.4 is 10.1 Å². The van der Waals surface area contributed by atoms with E-state index < -0.39 is 17.5 Å². The van der Waals surface area contributed by atoms with Gasteiger partial charge in [0, 0.05) is 10.9 Å². The Hall–Kier alpha value is -3.93. The normalized spacial score (nSPS) is 10.7. The third-order valence-corrected chi connectivity index (χ3v) is 4.59. The van der Waals surface area contributed by atoms with Gasteiger partial charge >= 0.3 is 0 Å². The third-order valence-electron chi connectivity index (χ3n) is 4.59. The molecule has 0 fully saturated rings. The molecule has 3 aromatic carbocycles. The molecule has 0 bridgehead atoms. The molecule has 0 saturated heterocycles. The number of para-hydroxylation sites is 1. The molecular formula is C24H18FNO4. The molecule has 0 aliphatic heterocycles. The maximum absolute atomic E-state index is 14.0. The Kier molecular flexibility index (Phi) is 5.30. The van der Waals surface area contributed by atoms with Crippen molar-refractivity contribution in [3.63, 3.8) is 0 Å². The van der Waals surface area contributed by atoms with E-state index in [0.717, 1.165) is 0 Å². The molecule has 0 unspecified atom stereocenters. The Balaban J connectivity index is 1.74. The highest BCUT2D eigenvalue weighted by Gasteiger charge is 2.24. The molecule has 1 amide bonds. The summed E-state index contributed by atoms with van der Waals surface area (Å²) in [6, 6.07) is 19.2. The van der Waals surface area contributed by atoms with E-state index in [1.54, 1.807) is 54.6 Å². The van der Waals surface area contributed by atoms with Crippen LogP contribution in [0.5, 0.6) is 5.75 Å². The lowest BCUT2D eigenvalue weighted by Gasteiger charge is -2.07. The van der Waals surface area contributed by atoms with Gasteiger partial charge in [0.05, 0.1) is 17.9 Å². The second-order valence-corrected chi connectivity index (χ2v) is 6.52. The molecule has 1 heterocycles. The number of ketones is 1. The van der Waals surface area contributed by atoms with Crippen molar-refractivity contribution in [2.75, 3.05) is 11.9 Å². The first kappa shape index (κ1) is 19.4. The lowest BCUT2D eigenvalue weighted by Crippen LogP contribution is -2.15. The van der Waals surface area contributed by atoms with E-state index in [4.69, 9.17) is 9.15 Å². The van der Waals surface area contributed by atoms with E-state index in [0.29, 0.717) is 28.9 Å². The van der Waals surface area contributed by atoms with Crippen LogP contribution in [0.15, 0.2) is 77.2 Å². The van der Waals surface area contributed by atoms with Gasteiger partial charge in [-0.15, -0.1) is 0 Å². The number of hydrogen-bond donors (Lipinski definition) is 1. The van der Waals surface area contributed by atoms with Gasteiger partial charge < -0.3 is 14.5 Å². The molecule has 0 aliphatic rings. The van der Waals surface area contributed by atoms with Crippen molar-refractivity contribution in [2.45, 2.75) is 6.92 Å². The summed E-state index contributed by atoms with van der Waals surface area (Å²) < 4.78 is 25.2. The van der Waals surface area contributed by atoms with Crippen LogP contribution in [-0.2, 0) is 0 Å². The number of carbonyl (C=O) groups is 2. The summed E-state index contributed by atoms with van der Waals surface area (Å²) in [6.07, 6.45) is 0. The van der Waals surface area contributed by atoms with E-state index in [9.17, 15) is 14.0 Å². The van der Waals surface area contributed by atoms with Gasteiger partial charge in [0.15, 0.2) is 5.76 Å². The molecule has 0 radical (unpaired) electrons. The van der Waals surface area contributed by atoms with Crippen LogP contribution in [-0.4, -0.2) is 18.3 Å². The minimum Gasteiger partial charge on any atom is -0.494 e. The summed E-state index contributed by atoms with van der Waals surface area (Å²) in [5.74, 6) is -1.10. The van der Waals surface area contributed by atoms with Crippen LogP contribution in [0.3, 0.4) is 0 Å². The smallest absolute Gasteiger partial charge is 0.258 e. The fourth-order valence-electron chi connectivity index (χ4n) is 3.16. The molecule has 6 heteroatoms. The number of furan rings is 1. The first-order chi connectivity index (χ1) is 14.6. The number of halogens is 1. The molecular weight excluding hydrogens is 385 g/mol. The molecule has 30 heavy (non-hydrogen) atoms. The minimum atomic E-state index is -0.666. The van der Waals surface area contributed by atoms with Crippen molar-refractivity contribution in [1.82, 2.24) is 0 Å². The van der Waals surface area contributed by atoms with Crippen molar-refractivity contribution in [1.29, 1.82) is 0 Å². The molecule has 150 valence electrons. The average molecular weight is 403 g/mol.